The summed E-state index contributed by atoms with van der Waals surface area (Å²) in [5, 5.41) is 6.22. The Morgan fingerprint density at radius 3 is 3.40 bits per heavy atom. The van der Waals surface area contributed by atoms with Crippen molar-refractivity contribution in [3.8, 4) is 0 Å². The summed E-state index contributed by atoms with van der Waals surface area (Å²) in [4.78, 5) is 10.9. The molecule has 52 valence electrons. The van der Waals surface area contributed by atoms with Crippen LogP contribution in [0.1, 0.15) is 12.2 Å². The highest BCUT2D eigenvalue weighted by molar-refractivity contribution is 5.26. The van der Waals surface area contributed by atoms with Gasteiger partial charge in [0.2, 0.25) is 0 Å². The zero-order valence-corrected chi connectivity index (χ0v) is 5.37. The third-order valence-corrected chi connectivity index (χ3v) is 1.57. The number of aryl methyl sites for hydroxylation is 1. The van der Waals surface area contributed by atoms with Gasteiger partial charge in [0.1, 0.15) is 5.82 Å². The smallest absolute Gasteiger partial charge is 0.254 e. The number of H-pyrrole nitrogens is 1. The largest absolute Gasteiger partial charge is 0.347 e. The molecular weight excluding hydrogens is 130 g/mol. The van der Waals surface area contributed by atoms with Crippen molar-refractivity contribution >= 4 is 6.20 Å². The normalized spacial score (nSPS) is 15.2. The van der Waals surface area contributed by atoms with E-state index in [0.717, 1.165) is 18.7 Å². The molecule has 0 saturated carbocycles. The monoisotopic (exact) mass is 137 g/mol. The fourth-order valence-corrected chi connectivity index (χ4v) is 1.06. The van der Waals surface area contributed by atoms with Crippen molar-refractivity contribution in [3.05, 3.63) is 22.4 Å². The fraction of sp³-hybridized carbons (Fsp3) is 0.333. The molecule has 0 atom stereocenters. The predicted octanol–water partition coefficient (Wildman–Crippen LogP) is -0.0117. The summed E-state index contributed by atoms with van der Waals surface area (Å²) in [6.07, 6.45) is 5.55. The van der Waals surface area contributed by atoms with E-state index in [4.69, 9.17) is 0 Å². The Bertz CT molecular complexity index is 320. The van der Waals surface area contributed by atoms with Gasteiger partial charge in [-0.15, -0.1) is 0 Å². The van der Waals surface area contributed by atoms with Crippen LogP contribution in [-0.4, -0.2) is 14.8 Å². The van der Waals surface area contributed by atoms with Gasteiger partial charge < -0.3 is 0 Å². The first-order valence-corrected chi connectivity index (χ1v) is 3.20. The van der Waals surface area contributed by atoms with Crippen LogP contribution in [0.15, 0.2) is 10.9 Å². The van der Waals surface area contributed by atoms with Crippen LogP contribution in [0.3, 0.4) is 0 Å². The maximum Gasteiger partial charge on any atom is 0.347 e. The van der Waals surface area contributed by atoms with Gasteiger partial charge >= 0.3 is 5.69 Å². The number of allylic oxidation sites excluding steroid dienone is 1. The van der Waals surface area contributed by atoms with E-state index < -0.39 is 0 Å². The van der Waals surface area contributed by atoms with Crippen molar-refractivity contribution in [1.82, 2.24) is 14.8 Å². The Morgan fingerprint density at radius 2 is 2.60 bits per heavy atom. The molecule has 2 heterocycles. The summed E-state index contributed by atoms with van der Waals surface area (Å²) in [6.45, 7) is 0. The third kappa shape index (κ3) is 0.618. The average molecular weight is 137 g/mol. The lowest BCUT2D eigenvalue weighted by molar-refractivity contribution is 0.824. The molecule has 0 unspecified atom stereocenters. The van der Waals surface area contributed by atoms with Gasteiger partial charge in [-0.05, 0) is 6.42 Å². The summed E-state index contributed by atoms with van der Waals surface area (Å²) in [6, 6.07) is 0. The minimum Gasteiger partial charge on any atom is -0.254 e. The van der Waals surface area contributed by atoms with Gasteiger partial charge in [-0.2, -0.15) is 5.10 Å². The lowest BCUT2D eigenvalue weighted by Gasteiger charge is -2.02. The second-order valence-corrected chi connectivity index (χ2v) is 2.24. The molecule has 2 rings (SSSR count). The summed E-state index contributed by atoms with van der Waals surface area (Å²) in [7, 11) is 0. The number of aromatic nitrogens is 3. The predicted molar refractivity (Wildman–Crippen MR) is 36.5 cm³/mol. The van der Waals surface area contributed by atoms with Gasteiger partial charge in [-0.25, -0.2) is 9.89 Å². The zero-order valence-electron chi connectivity index (χ0n) is 5.37. The molecule has 10 heavy (non-hydrogen) atoms. The van der Waals surface area contributed by atoms with Crippen molar-refractivity contribution < 1.29 is 0 Å². The lowest BCUT2D eigenvalue weighted by Crippen LogP contribution is -2.15. The van der Waals surface area contributed by atoms with Crippen LogP contribution in [0.5, 0.6) is 0 Å². The first-order chi connectivity index (χ1) is 4.88. The van der Waals surface area contributed by atoms with E-state index >= 15 is 0 Å². The summed E-state index contributed by atoms with van der Waals surface area (Å²) in [5.41, 5.74) is -0.147. The van der Waals surface area contributed by atoms with Crippen molar-refractivity contribution in [2.45, 2.75) is 12.8 Å². The Labute approximate surface area is 57.2 Å². The van der Waals surface area contributed by atoms with Crippen molar-refractivity contribution in [1.29, 1.82) is 0 Å². The zero-order chi connectivity index (χ0) is 6.97. The lowest BCUT2D eigenvalue weighted by atomic mass is 10.2. The van der Waals surface area contributed by atoms with Crippen molar-refractivity contribution in [2.75, 3.05) is 0 Å². The van der Waals surface area contributed by atoms with E-state index in [1.165, 1.54) is 4.57 Å². The molecule has 1 aliphatic rings. The number of nitrogens with zero attached hydrogens (tertiary/aromatic N) is 2. The van der Waals surface area contributed by atoms with E-state index in [-0.39, 0.29) is 5.69 Å². The van der Waals surface area contributed by atoms with Gasteiger partial charge in [0.25, 0.3) is 0 Å². The van der Waals surface area contributed by atoms with E-state index in [0.29, 0.717) is 0 Å². The third-order valence-electron chi connectivity index (χ3n) is 1.57. The Balaban J connectivity index is 2.68. The highest BCUT2D eigenvalue weighted by Gasteiger charge is 2.06. The van der Waals surface area contributed by atoms with Crippen LogP contribution in [-0.2, 0) is 6.42 Å². The second-order valence-electron chi connectivity index (χ2n) is 2.24. The minimum atomic E-state index is -0.147. The van der Waals surface area contributed by atoms with Gasteiger partial charge in [0.05, 0.1) is 0 Å². The molecule has 0 fully saturated rings. The van der Waals surface area contributed by atoms with Gasteiger partial charge in [0.15, 0.2) is 0 Å². The molecule has 1 N–H and O–H groups in total. The van der Waals surface area contributed by atoms with Crippen LogP contribution in [0.25, 0.3) is 6.20 Å². The highest BCUT2D eigenvalue weighted by atomic mass is 16.1. The maximum absolute atomic E-state index is 10.9. The van der Waals surface area contributed by atoms with Crippen LogP contribution in [0.2, 0.25) is 0 Å². The van der Waals surface area contributed by atoms with Crippen LogP contribution in [0, 0.1) is 0 Å². The summed E-state index contributed by atoms with van der Waals surface area (Å²) >= 11 is 0. The van der Waals surface area contributed by atoms with Gasteiger partial charge in [0, 0.05) is 12.6 Å². The molecule has 1 aromatic rings. The van der Waals surface area contributed by atoms with Gasteiger partial charge in [-0.3, -0.25) is 4.57 Å². The molecule has 4 heteroatoms. The van der Waals surface area contributed by atoms with E-state index in [2.05, 4.69) is 10.2 Å². The number of aromatic amines is 1. The quantitative estimate of drug-likeness (QED) is 0.546. The fourth-order valence-electron chi connectivity index (χ4n) is 1.06. The SMILES string of the molecule is O=c1[nH]nc2n1C=CCC2. The van der Waals surface area contributed by atoms with Crippen molar-refractivity contribution in [3.63, 3.8) is 0 Å². The van der Waals surface area contributed by atoms with Crippen LogP contribution in [0.4, 0.5) is 0 Å². The molecule has 0 spiro atoms. The number of hydrogen-bond donors (Lipinski definition) is 1. The summed E-state index contributed by atoms with van der Waals surface area (Å²) in [5.74, 6) is 0.826. The Hall–Kier alpha value is -1.32. The number of hydrogen-bond acceptors (Lipinski definition) is 2. The van der Waals surface area contributed by atoms with E-state index in [9.17, 15) is 4.79 Å². The average Bonchev–Trinajstić information content (AvgIpc) is 2.34. The Morgan fingerprint density at radius 1 is 1.70 bits per heavy atom. The first kappa shape index (κ1) is 5.46. The van der Waals surface area contributed by atoms with E-state index in [1.807, 2.05) is 6.08 Å². The molecule has 0 aliphatic carbocycles. The molecular formula is C6H7N3O. The van der Waals surface area contributed by atoms with Gasteiger partial charge in [-0.1, -0.05) is 6.08 Å². The minimum absolute atomic E-state index is 0.147. The molecule has 0 radical (unpaired) electrons. The molecule has 1 aromatic heterocycles. The maximum atomic E-state index is 10.9. The highest BCUT2D eigenvalue weighted by Crippen LogP contribution is 2.03. The molecule has 1 aliphatic heterocycles. The summed E-state index contributed by atoms with van der Waals surface area (Å²) < 4.78 is 1.53. The van der Waals surface area contributed by atoms with Crippen LogP contribution < -0.4 is 5.69 Å². The van der Waals surface area contributed by atoms with E-state index in [1.54, 1.807) is 6.20 Å². The molecule has 0 aromatic carbocycles. The topological polar surface area (TPSA) is 50.7 Å². The number of nitrogens with one attached hydrogen (secondary N) is 1. The van der Waals surface area contributed by atoms with Crippen LogP contribution >= 0.6 is 0 Å². The second kappa shape index (κ2) is 1.83. The molecule has 0 bridgehead atoms. The standard InChI is InChI=1S/C6H7N3O/c10-6-8-7-5-3-1-2-4-9(5)6/h2,4H,1,3H2,(H,8,10). The number of rotatable bonds is 0. The first-order valence-electron chi connectivity index (χ1n) is 3.20. The molecule has 0 amide bonds. The number of fused-ring (bicyclic) bond motifs is 1. The molecule has 0 saturated heterocycles. The molecule has 4 nitrogen and oxygen atoms in total. The van der Waals surface area contributed by atoms with Crippen molar-refractivity contribution in [2.24, 2.45) is 0 Å². The Kier molecular flexibility index (Phi) is 1.00.